The summed E-state index contributed by atoms with van der Waals surface area (Å²) in [5.41, 5.74) is 0.495. The first-order valence-corrected chi connectivity index (χ1v) is 24.7. The van der Waals surface area contributed by atoms with Crippen molar-refractivity contribution < 1.29 is 52.6 Å². The van der Waals surface area contributed by atoms with E-state index in [-0.39, 0.29) is 65.8 Å². The van der Waals surface area contributed by atoms with Crippen LogP contribution in [-0.2, 0) is 35.0 Å². The number of unbranched alkanes of at least 4 members (excludes halogenated alkanes) is 1. The Labute approximate surface area is 391 Å². The van der Waals surface area contributed by atoms with Crippen LogP contribution >= 0.6 is 42.6 Å². The Morgan fingerprint density at radius 1 is 0.815 bits per heavy atom. The van der Waals surface area contributed by atoms with Crippen LogP contribution in [-0.4, -0.2) is 92.8 Å². The number of carbonyl (C=O) groups is 6. The minimum atomic E-state index is -4.43. The topological polar surface area (TPSA) is 251 Å². The molecule has 6 amide bonds. The van der Waals surface area contributed by atoms with Gasteiger partial charge in [0.25, 0.3) is 0 Å². The third-order valence-electron chi connectivity index (χ3n) is 10.7. The van der Waals surface area contributed by atoms with Gasteiger partial charge in [-0.1, -0.05) is 68.9 Å². The molecule has 0 bridgehead atoms. The number of fused-ring (bicyclic) bond motifs is 1. The molecule has 3 aromatic carbocycles. The Hall–Kier alpha value is -5.16. The van der Waals surface area contributed by atoms with Crippen molar-refractivity contribution in [2.45, 2.75) is 113 Å². The summed E-state index contributed by atoms with van der Waals surface area (Å²) in [6.07, 6.45) is 1.52. The molecule has 3 aromatic rings. The van der Waals surface area contributed by atoms with Crippen molar-refractivity contribution in [2.24, 2.45) is 5.92 Å². The number of amides is 6. The number of aromatic hydroxyl groups is 1. The molecule has 0 spiro atoms. The van der Waals surface area contributed by atoms with Crippen LogP contribution in [0.5, 0.6) is 17.2 Å². The Morgan fingerprint density at radius 2 is 1.40 bits per heavy atom. The number of thioether (sulfide) groups is 1. The quantitative estimate of drug-likeness (QED) is 0.0286. The summed E-state index contributed by atoms with van der Waals surface area (Å²) in [6, 6.07) is 13.4. The molecule has 2 aliphatic rings. The van der Waals surface area contributed by atoms with Crippen molar-refractivity contribution >= 4 is 78.2 Å². The highest BCUT2D eigenvalue weighted by molar-refractivity contribution is 8.00. The molecule has 2 aliphatic heterocycles. The summed E-state index contributed by atoms with van der Waals surface area (Å²) in [5.74, 6) is -5.33. The monoisotopic (exact) mass is 976 g/mol. The number of hydrogen-bond donors (Lipinski definition) is 8. The summed E-state index contributed by atoms with van der Waals surface area (Å²) in [4.78, 5) is 79.3. The van der Waals surface area contributed by atoms with Crippen molar-refractivity contribution in [3.05, 3.63) is 88.4 Å². The highest BCUT2D eigenvalue weighted by Gasteiger charge is 2.43. The van der Waals surface area contributed by atoms with E-state index in [0.29, 0.717) is 28.5 Å². The molecular weight excluding hydrogens is 922 g/mol. The number of hydrogen-bond acceptors (Lipinski definition) is 11. The van der Waals surface area contributed by atoms with Gasteiger partial charge in [0.2, 0.25) is 23.6 Å². The Bertz CT molecular complexity index is 2140. The second-order valence-electron chi connectivity index (χ2n) is 16.2. The lowest BCUT2D eigenvalue weighted by molar-refractivity contribution is -0.141. The number of halogens is 2. The number of phenols is 1. The normalized spacial score (nSPS) is 18.5. The van der Waals surface area contributed by atoms with Crippen molar-refractivity contribution in [3.8, 4) is 17.2 Å². The van der Waals surface area contributed by atoms with E-state index in [9.17, 15) is 43.5 Å². The number of phenolic OH excluding ortho intramolecular Hbond substituents is 1. The molecule has 2 saturated heterocycles. The zero-order chi connectivity index (χ0) is 47.3. The SMILES string of the molecule is CCCC(NC(=O)[C@H](CC(=O)O)NC(=O)[C@H](Cc1ccc(O)cc1)NC(=O)[C@@H](NC(=O)CCCC[C@@H]1SC[C@@H]2NC(=O)N[C@@H]21)C(C)C)P(=O)(Oc1ccc(Cl)cc1)Oc1ccc(Cl)cc1. The van der Waals surface area contributed by atoms with Crippen molar-refractivity contribution in [1.29, 1.82) is 0 Å². The molecule has 8 N–H and O–H groups in total. The van der Waals surface area contributed by atoms with E-state index < -0.39 is 67.5 Å². The average molecular weight is 978 g/mol. The highest BCUT2D eigenvalue weighted by atomic mass is 35.5. The lowest BCUT2D eigenvalue weighted by Crippen LogP contribution is -2.59. The minimum Gasteiger partial charge on any atom is -0.508 e. The van der Waals surface area contributed by atoms with E-state index >= 15 is 0 Å². The number of benzene rings is 3. The Balaban J connectivity index is 1.30. The van der Waals surface area contributed by atoms with Crippen LogP contribution in [0.1, 0.15) is 71.3 Å². The van der Waals surface area contributed by atoms with Gasteiger partial charge in [0.15, 0.2) is 5.78 Å². The smallest absolute Gasteiger partial charge is 0.452 e. The maximum absolute atomic E-state index is 14.8. The van der Waals surface area contributed by atoms with E-state index in [0.717, 1.165) is 18.6 Å². The molecular formula is C44H55Cl2N6O11PS. The maximum atomic E-state index is 14.8. The number of carboxylic acid groups (broad SMARTS) is 1. The molecule has 352 valence electrons. The lowest BCUT2D eigenvalue weighted by Gasteiger charge is -2.30. The molecule has 2 fully saturated rings. The van der Waals surface area contributed by atoms with E-state index in [1.54, 1.807) is 32.5 Å². The summed E-state index contributed by atoms with van der Waals surface area (Å²) >= 11 is 13.9. The van der Waals surface area contributed by atoms with E-state index in [2.05, 4.69) is 31.9 Å². The Kier molecular flexibility index (Phi) is 18.7. The Morgan fingerprint density at radius 3 is 1.97 bits per heavy atom. The van der Waals surface area contributed by atoms with Gasteiger partial charge in [-0.3, -0.25) is 24.0 Å². The lowest BCUT2D eigenvalue weighted by atomic mass is 10.00. The third-order valence-corrected chi connectivity index (χ3v) is 14.8. The van der Waals surface area contributed by atoms with E-state index in [4.69, 9.17) is 32.2 Å². The second kappa shape index (κ2) is 23.9. The van der Waals surface area contributed by atoms with Crippen LogP contribution in [0.25, 0.3) is 0 Å². The summed E-state index contributed by atoms with van der Waals surface area (Å²) in [5, 5.41) is 37.2. The highest BCUT2D eigenvalue weighted by Crippen LogP contribution is 2.53. The van der Waals surface area contributed by atoms with Gasteiger partial charge >= 0.3 is 19.6 Å². The summed E-state index contributed by atoms with van der Waals surface area (Å²) < 4.78 is 26.7. The first-order chi connectivity index (χ1) is 30.9. The molecule has 0 radical (unpaired) electrons. The zero-order valence-electron chi connectivity index (χ0n) is 36.1. The molecule has 21 heteroatoms. The molecule has 2 heterocycles. The molecule has 1 unspecified atom stereocenters. The summed E-state index contributed by atoms with van der Waals surface area (Å²) in [6.45, 7) is 5.21. The number of aliphatic carboxylic acids is 1. The number of carboxylic acids is 1. The van der Waals surface area contributed by atoms with Gasteiger partial charge in [-0.25, -0.2) is 9.36 Å². The van der Waals surface area contributed by atoms with Crippen LogP contribution in [0.2, 0.25) is 10.0 Å². The summed E-state index contributed by atoms with van der Waals surface area (Å²) in [7, 11) is -4.43. The van der Waals surface area contributed by atoms with Gasteiger partial charge in [0, 0.05) is 33.9 Å². The molecule has 65 heavy (non-hydrogen) atoms. The maximum Gasteiger partial charge on any atom is 0.452 e. The van der Waals surface area contributed by atoms with Gasteiger partial charge in [0.05, 0.1) is 18.5 Å². The van der Waals surface area contributed by atoms with Crippen molar-refractivity contribution in [2.75, 3.05) is 5.75 Å². The predicted molar refractivity (Wildman–Crippen MR) is 247 cm³/mol. The molecule has 5 rings (SSSR count). The number of nitrogens with one attached hydrogen (secondary N) is 6. The van der Waals surface area contributed by atoms with Gasteiger partial charge in [-0.2, -0.15) is 11.8 Å². The second-order valence-corrected chi connectivity index (χ2v) is 20.4. The molecule has 0 saturated carbocycles. The van der Waals surface area contributed by atoms with Crippen LogP contribution in [0.4, 0.5) is 4.79 Å². The molecule has 7 atom stereocenters. The van der Waals surface area contributed by atoms with Crippen molar-refractivity contribution in [3.63, 3.8) is 0 Å². The fraction of sp³-hybridized carbons (Fsp3) is 0.455. The first-order valence-electron chi connectivity index (χ1n) is 21.3. The standard InChI is InChI=1S/C44H55Cl2N6O11PS/c1-4-7-37(64(61,62-30-18-12-27(45)13-19-30)63-31-20-14-28(46)15-21-31)51-42(58)33(23-38(55)56)47-41(57)32(22-26-10-16-29(53)17-11-26)48-43(59)39(25(2)3)50-36(54)9-6-5-8-35-40-34(24-65-35)49-44(60)52-40/h10-21,25,32-35,37,39-40,53H,4-9,22-24H2,1-3H3,(H,47,57)(H,48,59)(H,50,54)(H,51,58)(H,55,56)(H2,49,52,60)/t32-,33-,34-,35-,37?,39-,40-/m0/s1. The van der Waals surface area contributed by atoms with Crippen LogP contribution in [0.3, 0.4) is 0 Å². The molecule has 17 nitrogen and oxygen atoms in total. The van der Waals surface area contributed by atoms with Crippen LogP contribution in [0, 0.1) is 5.92 Å². The van der Waals surface area contributed by atoms with Crippen molar-refractivity contribution in [1.82, 2.24) is 31.9 Å². The van der Waals surface area contributed by atoms with Gasteiger partial charge in [-0.15, -0.1) is 0 Å². The number of carbonyl (C=O) groups excluding carboxylic acids is 5. The van der Waals surface area contributed by atoms with E-state index in [1.165, 1.54) is 72.8 Å². The fourth-order valence-electron chi connectivity index (χ4n) is 7.33. The number of rotatable bonds is 24. The minimum absolute atomic E-state index is 0.0254. The van der Waals surface area contributed by atoms with Gasteiger partial charge < -0.3 is 51.2 Å². The third kappa shape index (κ3) is 15.2. The van der Waals surface area contributed by atoms with Gasteiger partial charge in [0.1, 0.15) is 35.4 Å². The fourth-order valence-corrected chi connectivity index (χ4v) is 11.1. The van der Waals surface area contributed by atoms with Crippen LogP contribution in [0.15, 0.2) is 72.8 Å². The van der Waals surface area contributed by atoms with E-state index in [1.807, 2.05) is 0 Å². The molecule has 0 aromatic heterocycles. The number of urea groups is 1. The van der Waals surface area contributed by atoms with Gasteiger partial charge in [-0.05, 0) is 91.4 Å². The molecule has 0 aliphatic carbocycles. The zero-order valence-corrected chi connectivity index (χ0v) is 39.3. The largest absolute Gasteiger partial charge is 0.508 e. The predicted octanol–water partition coefficient (Wildman–Crippen LogP) is 6.15. The first kappa shape index (κ1) is 50.8. The van der Waals surface area contributed by atoms with Crippen LogP contribution < -0.4 is 40.9 Å². The average Bonchev–Trinajstić information content (AvgIpc) is 3.81.